The molecule has 0 aliphatic rings. The van der Waals surface area contributed by atoms with Crippen LogP contribution >= 0.6 is 0 Å². The van der Waals surface area contributed by atoms with Gasteiger partial charge in [-0.3, -0.25) is 0 Å². The van der Waals surface area contributed by atoms with Crippen molar-refractivity contribution in [3.63, 3.8) is 0 Å². The highest BCUT2D eigenvalue weighted by Crippen LogP contribution is 2.07. The molecule has 0 heterocycles. The molecular weight excluding hydrogens is 272 g/mol. The highest BCUT2D eigenvalue weighted by molar-refractivity contribution is 5.64. The number of hydrogen-bond donors (Lipinski definition) is 2. The van der Waals surface area contributed by atoms with E-state index in [1.54, 1.807) is 0 Å². The average molecular weight is 304 g/mol. The first-order chi connectivity index (χ1) is 10.0. The van der Waals surface area contributed by atoms with Crippen molar-refractivity contribution in [1.82, 2.24) is 0 Å². The smallest absolute Gasteiger partial charge is 0.0739 e. The monoisotopic (exact) mass is 304 g/mol. The topological polar surface area (TPSA) is 136 Å². The minimum atomic E-state index is -0.998. The molecule has 0 saturated heterocycles. The van der Waals surface area contributed by atoms with Crippen LogP contribution in [0.5, 0.6) is 0 Å². The largest absolute Gasteiger partial charge is 0.550 e. The minimum absolute atomic E-state index is 0.124. The van der Waals surface area contributed by atoms with E-state index in [1.165, 1.54) is 19.3 Å². The highest BCUT2D eigenvalue weighted by atomic mass is 16.4. The van der Waals surface area contributed by atoms with Gasteiger partial charge >= 0.3 is 0 Å². The van der Waals surface area contributed by atoms with Gasteiger partial charge in [-0.2, -0.15) is 0 Å². The maximum Gasteiger partial charge on any atom is 0.0739 e. The van der Waals surface area contributed by atoms with Gasteiger partial charge in [-0.1, -0.05) is 25.7 Å². The Morgan fingerprint density at radius 2 is 0.857 bits per heavy atom. The van der Waals surface area contributed by atoms with Crippen molar-refractivity contribution in [3.05, 3.63) is 0 Å². The molecule has 0 aromatic heterocycles. The van der Waals surface area contributed by atoms with Gasteiger partial charge in [-0.25, -0.2) is 0 Å². The maximum absolute atomic E-state index is 10.0. The average Bonchev–Trinajstić information content (AvgIpc) is 2.42. The molecule has 21 heavy (non-hydrogen) atoms. The van der Waals surface area contributed by atoms with Crippen LogP contribution in [0, 0.1) is 0 Å². The third-order valence-corrected chi connectivity index (χ3v) is 3.01. The minimum Gasteiger partial charge on any atom is -0.550 e. The SMILES string of the molecule is O=C([O-])CCCCCCCCC(=O)[O-].[NH3+]CCCCC[NH3+]. The summed E-state index contributed by atoms with van der Waals surface area (Å²) in [6.45, 7) is 2.17. The van der Waals surface area contributed by atoms with Gasteiger partial charge < -0.3 is 31.3 Å². The first-order valence-electron chi connectivity index (χ1n) is 8.02. The lowest BCUT2D eigenvalue weighted by Crippen LogP contribution is -2.51. The fourth-order valence-corrected chi connectivity index (χ4v) is 1.78. The van der Waals surface area contributed by atoms with Crippen LogP contribution < -0.4 is 21.7 Å². The lowest BCUT2D eigenvalue weighted by molar-refractivity contribution is -0.374. The Bertz CT molecular complexity index is 224. The van der Waals surface area contributed by atoms with E-state index in [0.29, 0.717) is 12.8 Å². The van der Waals surface area contributed by atoms with Gasteiger partial charge in [0, 0.05) is 11.9 Å². The van der Waals surface area contributed by atoms with Crippen LogP contribution in [-0.4, -0.2) is 25.0 Å². The maximum atomic E-state index is 10.0. The summed E-state index contributed by atoms with van der Waals surface area (Å²) in [7, 11) is 0. The van der Waals surface area contributed by atoms with Crippen LogP contribution in [0.3, 0.4) is 0 Å². The number of carboxylic acid groups (broad SMARTS) is 2. The van der Waals surface area contributed by atoms with Gasteiger partial charge in [0.15, 0.2) is 0 Å². The van der Waals surface area contributed by atoms with Crippen molar-refractivity contribution in [3.8, 4) is 0 Å². The Morgan fingerprint density at radius 3 is 1.14 bits per heavy atom. The first kappa shape index (κ1) is 22.1. The summed E-state index contributed by atoms with van der Waals surface area (Å²) < 4.78 is 0. The standard InChI is InChI=1S/C10H18O4.C5H14N2/c11-9(12)7-5-3-1-2-4-6-8-10(13)14;6-4-2-1-3-5-7/h1-8H2,(H,11,12)(H,13,14);1-7H2. The molecule has 0 atom stereocenters. The van der Waals surface area contributed by atoms with E-state index >= 15 is 0 Å². The molecule has 0 aromatic rings. The number of aliphatic carboxylic acids is 2. The molecule has 0 amide bonds. The van der Waals surface area contributed by atoms with Gasteiger partial charge in [0.25, 0.3) is 0 Å². The molecule has 6 N–H and O–H groups in total. The number of carbonyl (C=O) groups excluding carboxylic acids is 2. The van der Waals surface area contributed by atoms with Gasteiger partial charge in [0.05, 0.1) is 13.1 Å². The van der Waals surface area contributed by atoms with E-state index in [2.05, 4.69) is 11.5 Å². The van der Waals surface area contributed by atoms with Crippen molar-refractivity contribution >= 4 is 11.9 Å². The Balaban J connectivity index is 0. The normalized spacial score (nSPS) is 9.81. The van der Waals surface area contributed by atoms with E-state index in [1.807, 2.05) is 0 Å². The first-order valence-corrected chi connectivity index (χ1v) is 8.02. The Morgan fingerprint density at radius 1 is 0.571 bits per heavy atom. The zero-order chi connectivity index (χ0) is 16.3. The van der Waals surface area contributed by atoms with Gasteiger partial charge in [0.2, 0.25) is 0 Å². The summed E-state index contributed by atoms with van der Waals surface area (Å²) in [6, 6.07) is 0. The lowest BCUT2D eigenvalue weighted by Gasteiger charge is -2.03. The molecule has 0 unspecified atom stereocenters. The van der Waals surface area contributed by atoms with Crippen LogP contribution in [0.1, 0.15) is 70.6 Å². The molecule has 126 valence electrons. The number of unbranched alkanes of at least 4 members (excludes halogenated alkanes) is 7. The Kier molecular flexibility index (Phi) is 19.9. The quantitative estimate of drug-likeness (QED) is 0.390. The Hall–Kier alpha value is -1.14. The molecule has 0 spiro atoms. The molecule has 6 heteroatoms. The third-order valence-electron chi connectivity index (χ3n) is 3.01. The molecule has 6 nitrogen and oxygen atoms in total. The number of carbonyl (C=O) groups is 2. The number of rotatable bonds is 13. The summed E-state index contributed by atoms with van der Waals surface area (Å²) in [5, 5.41) is 20.1. The van der Waals surface area contributed by atoms with Gasteiger partial charge in [-0.15, -0.1) is 0 Å². The molecule has 0 aromatic carbocycles. The van der Waals surface area contributed by atoms with E-state index in [0.717, 1.165) is 38.8 Å². The molecule has 0 fully saturated rings. The van der Waals surface area contributed by atoms with Crippen molar-refractivity contribution in [1.29, 1.82) is 0 Å². The molecule has 0 aliphatic carbocycles. The zero-order valence-electron chi connectivity index (χ0n) is 13.2. The van der Waals surface area contributed by atoms with Gasteiger partial charge in [0.1, 0.15) is 0 Å². The number of carboxylic acids is 2. The van der Waals surface area contributed by atoms with Crippen molar-refractivity contribution in [2.45, 2.75) is 70.6 Å². The van der Waals surface area contributed by atoms with E-state index in [4.69, 9.17) is 0 Å². The van der Waals surface area contributed by atoms with Crippen molar-refractivity contribution < 1.29 is 31.3 Å². The third kappa shape index (κ3) is 27.9. The van der Waals surface area contributed by atoms with Crippen LogP contribution in [0.4, 0.5) is 0 Å². The fraction of sp³-hybridized carbons (Fsp3) is 0.867. The highest BCUT2D eigenvalue weighted by Gasteiger charge is 1.92. The number of quaternary nitrogens is 2. The predicted octanol–water partition coefficient (Wildman–Crippen LogP) is -1.75. The van der Waals surface area contributed by atoms with Crippen molar-refractivity contribution in [2.75, 3.05) is 13.1 Å². The van der Waals surface area contributed by atoms with Crippen LogP contribution in [-0.2, 0) is 9.59 Å². The van der Waals surface area contributed by atoms with Crippen LogP contribution in [0.25, 0.3) is 0 Å². The number of hydrogen-bond acceptors (Lipinski definition) is 4. The van der Waals surface area contributed by atoms with E-state index < -0.39 is 11.9 Å². The van der Waals surface area contributed by atoms with Crippen molar-refractivity contribution in [2.24, 2.45) is 0 Å². The summed E-state index contributed by atoms with van der Waals surface area (Å²) in [5.41, 5.74) is 7.47. The van der Waals surface area contributed by atoms with E-state index in [-0.39, 0.29) is 12.8 Å². The Labute approximate surface area is 127 Å². The molecule has 0 aliphatic heterocycles. The second kappa shape index (κ2) is 18.9. The summed E-state index contributed by atoms with van der Waals surface area (Å²) in [5.74, 6) is -2.00. The summed E-state index contributed by atoms with van der Waals surface area (Å²) in [4.78, 5) is 20.1. The molecule has 0 radical (unpaired) electrons. The summed E-state index contributed by atoms with van der Waals surface area (Å²) >= 11 is 0. The van der Waals surface area contributed by atoms with Crippen LogP contribution in [0.15, 0.2) is 0 Å². The van der Waals surface area contributed by atoms with E-state index in [9.17, 15) is 19.8 Å². The fourth-order valence-electron chi connectivity index (χ4n) is 1.78. The summed E-state index contributed by atoms with van der Waals surface area (Å²) in [6.07, 6.45) is 9.08. The molecular formula is C15H32N2O4. The predicted molar refractivity (Wildman–Crippen MR) is 76.3 cm³/mol. The second-order valence-corrected chi connectivity index (χ2v) is 5.13. The van der Waals surface area contributed by atoms with Crippen LogP contribution in [0.2, 0.25) is 0 Å². The van der Waals surface area contributed by atoms with Gasteiger partial charge in [-0.05, 0) is 44.9 Å². The molecule has 0 rings (SSSR count). The second-order valence-electron chi connectivity index (χ2n) is 5.13. The molecule has 0 saturated carbocycles. The zero-order valence-corrected chi connectivity index (χ0v) is 13.2. The lowest BCUT2D eigenvalue weighted by atomic mass is 10.1. The molecule has 0 bridgehead atoms.